The van der Waals surface area contributed by atoms with Gasteiger partial charge in [0.2, 0.25) is 5.91 Å². The van der Waals surface area contributed by atoms with Crippen molar-refractivity contribution in [2.24, 2.45) is 0 Å². The van der Waals surface area contributed by atoms with Crippen LogP contribution in [0.1, 0.15) is 45.7 Å². The van der Waals surface area contributed by atoms with Crippen LogP contribution in [0.25, 0.3) is 0 Å². The molecular weight excluding hydrogens is 400 g/mol. The van der Waals surface area contributed by atoms with E-state index in [2.05, 4.69) is 26.6 Å². The minimum absolute atomic E-state index is 0.0767. The Labute approximate surface area is 155 Å². The number of rotatable bonds is 5. The Balaban J connectivity index is 2.69. The second-order valence-corrected chi connectivity index (χ2v) is 7.53. The third kappa shape index (κ3) is 6.57. The quantitative estimate of drug-likeness (QED) is 0.673. The number of amides is 2. The van der Waals surface area contributed by atoms with Crippen LogP contribution in [0.4, 0.5) is 4.79 Å². The first-order valence-corrected chi connectivity index (χ1v) is 8.64. The zero-order valence-corrected chi connectivity index (χ0v) is 16.4. The summed E-state index contributed by atoms with van der Waals surface area (Å²) in [5, 5.41) is 15.4. The molecule has 1 atom stereocenters. The van der Waals surface area contributed by atoms with Crippen LogP contribution < -0.4 is 10.6 Å². The molecule has 8 heteroatoms. The zero-order valence-electron chi connectivity index (χ0n) is 14.1. The molecular formula is C16H22BrClN2O4. The van der Waals surface area contributed by atoms with Gasteiger partial charge in [-0.25, -0.2) is 4.79 Å². The van der Waals surface area contributed by atoms with E-state index in [0.29, 0.717) is 16.5 Å². The number of ether oxygens (including phenoxy) is 1. The molecule has 0 saturated carbocycles. The Hall–Kier alpha value is -1.47. The topological polar surface area (TPSA) is 87.7 Å². The van der Waals surface area contributed by atoms with E-state index in [1.54, 1.807) is 32.9 Å². The van der Waals surface area contributed by atoms with Crippen molar-refractivity contribution in [3.8, 4) is 5.75 Å². The normalized spacial score (nSPS) is 12.4. The number of hydrogen-bond donors (Lipinski definition) is 3. The summed E-state index contributed by atoms with van der Waals surface area (Å²) in [4.78, 5) is 23.6. The Morgan fingerprint density at radius 1 is 1.38 bits per heavy atom. The van der Waals surface area contributed by atoms with E-state index >= 15 is 0 Å². The van der Waals surface area contributed by atoms with Crippen molar-refractivity contribution in [3.05, 3.63) is 27.2 Å². The number of carbonyl (C=O) groups is 2. The van der Waals surface area contributed by atoms with Gasteiger partial charge in [0, 0.05) is 10.0 Å². The molecule has 1 unspecified atom stereocenters. The molecule has 0 saturated heterocycles. The molecule has 0 spiro atoms. The maximum absolute atomic E-state index is 12.0. The van der Waals surface area contributed by atoms with Crippen molar-refractivity contribution in [1.29, 1.82) is 0 Å². The minimum atomic E-state index is -0.668. The smallest absolute Gasteiger partial charge is 0.408 e. The summed E-state index contributed by atoms with van der Waals surface area (Å²) in [7, 11) is 0. The molecule has 0 aliphatic rings. The first kappa shape index (κ1) is 20.6. The first-order valence-electron chi connectivity index (χ1n) is 7.47. The molecule has 0 radical (unpaired) electrons. The van der Waals surface area contributed by atoms with Gasteiger partial charge in [-0.2, -0.15) is 0 Å². The zero-order chi connectivity index (χ0) is 18.5. The number of carbonyl (C=O) groups excluding carboxylic acids is 2. The molecule has 3 N–H and O–H groups in total. The van der Waals surface area contributed by atoms with Gasteiger partial charge in [-0.3, -0.25) is 4.79 Å². The maximum Gasteiger partial charge on any atom is 0.408 e. The van der Waals surface area contributed by atoms with Crippen LogP contribution in [0.2, 0.25) is 5.02 Å². The second kappa shape index (κ2) is 8.58. The van der Waals surface area contributed by atoms with E-state index in [4.69, 9.17) is 16.3 Å². The number of phenolic OH excluding ortho intramolecular Hbond substituents is 1. The summed E-state index contributed by atoms with van der Waals surface area (Å²) in [5.41, 5.74) is -0.131. The number of benzene rings is 1. The fraction of sp³-hybridized carbons (Fsp3) is 0.500. The molecule has 0 heterocycles. The molecule has 1 aromatic rings. The Bertz CT molecular complexity index is 617. The summed E-state index contributed by atoms with van der Waals surface area (Å²) < 4.78 is 5.76. The van der Waals surface area contributed by atoms with Gasteiger partial charge >= 0.3 is 6.09 Å². The van der Waals surface area contributed by atoms with Gasteiger partial charge in [0.25, 0.3) is 0 Å². The van der Waals surface area contributed by atoms with Crippen LogP contribution in [-0.2, 0) is 9.53 Å². The van der Waals surface area contributed by atoms with Gasteiger partial charge in [-0.1, -0.05) is 34.5 Å². The van der Waals surface area contributed by atoms with Crippen LogP contribution in [0, 0.1) is 0 Å². The third-order valence-electron chi connectivity index (χ3n) is 2.97. The molecule has 134 valence electrons. The molecule has 0 aliphatic carbocycles. The Morgan fingerprint density at radius 2 is 2.00 bits per heavy atom. The molecule has 0 fully saturated rings. The fourth-order valence-corrected chi connectivity index (χ4v) is 2.80. The Morgan fingerprint density at radius 3 is 2.54 bits per heavy atom. The van der Waals surface area contributed by atoms with Crippen LogP contribution in [0.15, 0.2) is 16.6 Å². The number of alkyl carbamates (subject to hydrolysis) is 1. The van der Waals surface area contributed by atoms with Crippen LogP contribution in [0.5, 0.6) is 5.75 Å². The summed E-state index contributed by atoms with van der Waals surface area (Å²) in [6.45, 7) is 6.84. The average molecular weight is 422 g/mol. The van der Waals surface area contributed by atoms with Gasteiger partial charge in [-0.05, 0) is 39.3 Å². The highest BCUT2D eigenvalue weighted by atomic mass is 79.9. The van der Waals surface area contributed by atoms with Gasteiger partial charge in [0.1, 0.15) is 17.9 Å². The van der Waals surface area contributed by atoms with Gasteiger partial charge in [0.15, 0.2) is 0 Å². The lowest BCUT2D eigenvalue weighted by molar-refractivity contribution is -0.121. The lowest BCUT2D eigenvalue weighted by Gasteiger charge is -2.21. The van der Waals surface area contributed by atoms with E-state index < -0.39 is 23.6 Å². The molecule has 24 heavy (non-hydrogen) atoms. The number of phenols is 1. The lowest BCUT2D eigenvalue weighted by Crippen LogP contribution is -2.40. The minimum Gasteiger partial charge on any atom is -0.506 e. The number of hydrogen-bond acceptors (Lipinski definition) is 4. The van der Waals surface area contributed by atoms with E-state index in [-0.39, 0.29) is 17.3 Å². The molecule has 0 bridgehead atoms. The van der Waals surface area contributed by atoms with E-state index in [1.165, 1.54) is 0 Å². The van der Waals surface area contributed by atoms with E-state index in [9.17, 15) is 14.7 Å². The second-order valence-electron chi connectivity index (χ2n) is 6.21. The van der Waals surface area contributed by atoms with Crippen molar-refractivity contribution in [1.82, 2.24) is 10.6 Å². The largest absolute Gasteiger partial charge is 0.506 e. The summed E-state index contributed by atoms with van der Waals surface area (Å²) >= 11 is 9.26. The lowest BCUT2D eigenvalue weighted by atomic mass is 10.0. The van der Waals surface area contributed by atoms with Crippen molar-refractivity contribution < 1.29 is 19.4 Å². The SMILES string of the molecule is CCC(NC(=O)CNC(=O)OC(C)(C)C)c1cc(Br)cc(Cl)c1O. The maximum atomic E-state index is 12.0. The van der Waals surface area contributed by atoms with Gasteiger partial charge in [-0.15, -0.1) is 0 Å². The number of aromatic hydroxyl groups is 1. The van der Waals surface area contributed by atoms with Crippen molar-refractivity contribution >= 4 is 39.5 Å². The summed E-state index contributed by atoms with van der Waals surface area (Å²) in [6.07, 6.45) is -0.127. The van der Waals surface area contributed by atoms with Crippen molar-refractivity contribution in [2.45, 2.75) is 45.8 Å². The number of halogens is 2. The predicted octanol–water partition coefficient (Wildman–Crippen LogP) is 3.90. The monoisotopic (exact) mass is 420 g/mol. The first-order chi connectivity index (χ1) is 11.0. The van der Waals surface area contributed by atoms with E-state index in [0.717, 1.165) is 0 Å². The van der Waals surface area contributed by atoms with Crippen LogP contribution in [-0.4, -0.2) is 29.3 Å². The highest BCUT2D eigenvalue weighted by Crippen LogP contribution is 2.35. The van der Waals surface area contributed by atoms with Crippen molar-refractivity contribution in [2.75, 3.05) is 6.54 Å². The third-order valence-corrected chi connectivity index (χ3v) is 3.71. The summed E-state index contributed by atoms with van der Waals surface area (Å²) in [6, 6.07) is 2.82. The number of nitrogens with one attached hydrogen (secondary N) is 2. The average Bonchev–Trinajstić information content (AvgIpc) is 2.44. The highest BCUT2D eigenvalue weighted by Gasteiger charge is 2.20. The predicted molar refractivity (Wildman–Crippen MR) is 96.2 cm³/mol. The highest BCUT2D eigenvalue weighted by molar-refractivity contribution is 9.10. The van der Waals surface area contributed by atoms with Crippen LogP contribution >= 0.6 is 27.5 Å². The molecule has 1 rings (SSSR count). The molecule has 0 aliphatic heterocycles. The summed E-state index contributed by atoms with van der Waals surface area (Å²) in [5.74, 6) is -0.477. The molecule has 6 nitrogen and oxygen atoms in total. The van der Waals surface area contributed by atoms with Crippen molar-refractivity contribution in [3.63, 3.8) is 0 Å². The fourth-order valence-electron chi connectivity index (χ4n) is 1.96. The van der Waals surface area contributed by atoms with E-state index in [1.807, 2.05) is 6.92 Å². The van der Waals surface area contributed by atoms with Gasteiger partial charge < -0.3 is 20.5 Å². The van der Waals surface area contributed by atoms with Gasteiger partial charge in [0.05, 0.1) is 11.1 Å². The standard InChI is InChI=1S/C16H22BrClN2O4/c1-5-12(10-6-9(17)7-11(18)14(10)22)20-13(21)8-19-15(23)24-16(2,3)4/h6-7,12,22H,5,8H2,1-4H3,(H,19,23)(H,20,21). The Kier molecular flexibility index (Phi) is 7.35. The van der Waals surface area contributed by atoms with Crippen LogP contribution in [0.3, 0.4) is 0 Å². The molecule has 2 amide bonds. The molecule has 0 aromatic heterocycles. The molecule has 1 aromatic carbocycles.